The third-order valence-corrected chi connectivity index (χ3v) is 3.57. The number of benzene rings is 1. The number of aliphatic hydroxyl groups is 2. The highest BCUT2D eigenvalue weighted by Crippen LogP contribution is 2.24. The van der Waals surface area contributed by atoms with E-state index in [0.29, 0.717) is 6.61 Å². The van der Waals surface area contributed by atoms with Crippen molar-refractivity contribution in [1.29, 1.82) is 0 Å². The Morgan fingerprint density at radius 3 is 2.33 bits per heavy atom. The molecule has 1 saturated heterocycles. The molecule has 5 atom stereocenters. The number of methoxy groups -OCH3 is 2. The minimum Gasteiger partial charge on any atom is -0.387 e. The van der Waals surface area contributed by atoms with Gasteiger partial charge in [-0.2, -0.15) is 0 Å². The summed E-state index contributed by atoms with van der Waals surface area (Å²) in [5, 5.41) is 20.1. The van der Waals surface area contributed by atoms with E-state index in [1.165, 1.54) is 14.2 Å². The average Bonchev–Trinajstić information content (AvgIpc) is 2.51. The van der Waals surface area contributed by atoms with Crippen LogP contribution in [0.25, 0.3) is 0 Å². The van der Waals surface area contributed by atoms with Crippen LogP contribution >= 0.6 is 0 Å². The fourth-order valence-corrected chi connectivity index (χ4v) is 2.43. The lowest BCUT2D eigenvalue weighted by molar-refractivity contribution is -0.298. The van der Waals surface area contributed by atoms with Crippen molar-refractivity contribution in [1.82, 2.24) is 0 Å². The summed E-state index contributed by atoms with van der Waals surface area (Å²) >= 11 is 0. The molecule has 0 amide bonds. The van der Waals surface area contributed by atoms with Crippen LogP contribution in [0.5, 0.6) is 0 Å². The SMILES string of the molecule is CO[C@@H]1[C@@H](OC)[C@@H](O)[C@@H](COCc2ccccc2)O[C@H]1O. The lowest BCUT2D eigenvalue weighted by Gasteiger charge is -2.41. The van der Waals surface area contributed by atoms with Crippen molar-refractivity contribution in [3.05, 3.63) is 35.9 Å². The van der Waals surface area contributed by atoms with Gasteiger partial charge < -0.3 is 29.2 Å². The maximum absolute atomic E-state index is 10.2. The molecular weight excluding hydrogens is 276 g/mol. The molecule has 1 aromatic rings. The van der Waals surface area contributed by atoms with Gasteiger partial charge in [-0.15, -0.1) is 0 Å². The summed E-state index contributed by atoms with van der Waals surface area (Å²) < 4.78 is 21.2. The molecule has 21 heavy (non-hydrogen) atoms. The zero-order valence-electron chi connectivity index (χ0n) is 12.2. The molecule has 0 unspecified atom stereocenters. The summed E-state index contributed by atoms with van der Waals surface area (Å²) in [5.74, 6) is 0. The molecule has 2 rings (SSSR count). The molecule has 118 valence electrons. The Morgan fingerprint density at radius 2 is 1.71 bits per heavy atom. The smallest absolute Gasteiger partial charge is 0.184 e. The Kier molecular flexibility index (Phi) is 6.10. The second kappa shape index (κ2) is 7.84. The minimum atomic E-state index is -1.16. The number of aliphatic hydroxyl groups excluding tert-OH is 2. The van der Waals surface area contributed by atoms with Crippen LogP contribution in [0.3, 0.4) is 0 Å². The van der Waals surface area contributed by atoms with E-state index in [4.69, 9.17) is 18.9 Å². The summed E-state index contributed by atoms with van der Waals surface area (Å²) in [7, 11) is 2.89. The first kappa shape index (κ1) is 16.4. The van der Waals surface area contributed by atoms with Crippen LogP contribution in [-0.2, 0) is 25.6 Å². The fraction of sp³-hybridized carbons (Fsp3) is 0.600. The van der Waals surface area contributed by atoms with Gasteiger partial charge >= 0.3 is 0 Å². The van der Waals surface area contributed by atoms with Crippen molar-refractivity contribution in [2.75, 3.05) is 20.8 Å². The molecule has 1 fully saturated rings. The molecule has 1 aromatic carbocycles. The molecule has 0 bridgehead atoms. The topological polar surface area (TPSA) is 77.4 Å². The molecular formula is C15H22O6. The van der Waals surface area contributed by atoms with Crippen LogP contribution in [0.15, 0.2) is 30.3 Å². The molecule has 6 heteroatoms. The number of hydrogen-bond acceptors (Lipinski definition) is 6. The van der Waals surface area contributed by atoms with Gasteiger partial charge in [-0.1, -0.05) is 30.3 Å². The molecule has 0 saturated carbocycles. The van der Waals surface area contributed by atoms with Crippen molar-refractivity contribution < 1.29 is 29.2 Å². The lowest BCUT2D eigenvalue weighted by atomic mass is 9.99. The van der Waals surface area contributed by atoms with Gasteiger partial charge in [-0.25, -0.2) is 0 Å². The maximum Gasteiger partial charge on any atom is 0.184 e. The van der Waals surface area contributed by atoms with Crippen molar-refractivity contribution >= 4 is 0 Å². The summed E-state index contributed by atoms with van der Waals surface area (Å²) in [6, 6.07) is 9.69. The van der Waals surface area contributed by atoms with E-state index in [9.17, 15) is 10.2 Å². The first-order valence-electron chi connectivity index (χ1n) is 6.86. The van der Waals surface area contributed by atoms with Gasteiger partial charge in [0.05, 0.1) is 13.2 Å². The van der Waals surface area contributed by atoms with Crippen molar-refractivity contribution in [3.63, 3.8) is 0 Å². The van der Waals surface area contributed by atoms with Gasteiger partial charge in [-0.3, -0.25) is 0 Å². The van der Waals surface area contributed by atoms with Gasteiger partial charge in [0.25, 0.3) is 0 Å². The van der Waals surface area contributed by atoms with E-state index >= 15 is 0 Å². The van der Waals surface area contributed by atoms with E-state index in [0.717, 1.165) is 5.56 Å². The van der Waals surface area contributed by atoms with Crippen LogP contribution in [0.2, 0.25) is 0 Å². The molecule has 0 aliphatic carbocycles. The number of ether oxygens (including phenoxy) is 4. The maximum atomic E-state index is 10.2. The largest absolute Gasteiger partial charge is 0.387 e. The predicted octanol–water partition coefficient (Wildman–Crippen LogP) is 0.311. The average molecular weight is 298 g/mol. The normalized spacial score (nSPS) is 33.0. The minimum absolute atomic E-state index is 0.156. The molecule has 1 aliphatic heterocycles. The highest BCUT2D eigenvalue weighted by Gasteiger charge is 2.45. The summed E-state index contributed by atoms with van der Waals surface area (Å²) in [4.78, 5) is 0. The Bertz CT molecular complexity index is 412. The summed E-state index contributed by atoms with van der Waals surface area (Å²) in [5.41, 5.74) is 1.03. The van der Waals surface area contributed by atoms with Gasteiger partial charge in [0, 0.05) is 14.2 Å². The third-order valence-electron chi connectivity index (χ3n) is 3.57. The van der Waals surface area contributed by atoms with E-state index in [1.54, 1.807) is 0 Å². The zero-order valence-corrected chi connectivity index (χ0v) is 12.2. The van der Waals surface area contributed by atoms with Crippen LogP contribution in [0, 0.1) is 0 Å². The first-order valence-corrected chi connectivity index (χ1v) is 6.86. The van der Waals surface area contributed by atoms with E-state index in [1.807, 2.05) is 30.3 Å². The summed E-state index contributed by atoms with van der Waals surface area (Å²) in [6.45, 7) is 0.568. The molecule has 2 N–H and O–H groups in total. The van der Waals surface area contributed by atoms with Crippen molar-refractivity contribution in [3.8, 4) is 0 Å². The second-order valence-electron chi connectivity index (χ2n) is 4.96. The van der Waals surface area contributed by atoms with E-state index in [2.05, 4.69) is 0 Å². The molecule has 1 heterocycles. The lowest BCUT2D eigenvalue weighted by Crippen LogP contribution is -2.59. The Balaban J connectivity index is 1.88. The Labute approximate surface area is 124 Å². The predicted molar refractivity (Wildman–Crippen MR) is 74.6 cm³/mol. The third kappa shape index (κ3) is 4.00. The van der Waals surface area contributed by atoms with E-state index < -0.39 is 30.7 Å². The molecule has 0 aromatic heterocycles. The van der Waals surface area contributed by atoms with Crippen LogP contribution in [-0.4, -0.2) is 61.7 Å². The second-order valence-corrected chi connectivity index (χ2v) is 4.96. The van der Waals surface area contributed by atoms with E-state index in [-0.39, 0.29) is 6.61 Å². The standard InChI is InChI=1S/C15H22O6/c1-18-13-12(16)11(21-15(17)14(13)19-2)9-20-8-10-6-4-3-5-7-10/h3-7,11-17H,8-9H2,1-2H3/t11-,12+,13+,14-,15-/m1/s1. The van der Waals surface area contributed by atoms with Crippen LogP contribution in [0.1, 0.15) is 5.56 Å². The van der Waals surface area contributed by atoms with Crippen LogP contribution in [0.4, 0.5) is 0 Å². The summed E-state index contributed by atoms with van der Waals surface area (Å²) in [6.07, 6.45) is -4.15. The number of rotatable bonds is 6. The van der Waals surface area contributed by atoms with Gasteiger partial charge in [-0.05, 0) is 5.56 Å². The highest BCUT2D eigenvalue weighted by molar-refractivity contribution is 5.13. The first-order chi connectivity index (χ1) is 10.2. The molecule has 0 spiro atoms. The Morgan fingerprint density at radius 1 is 1.05 bits per heavy atom. The van der Waals surface area contributed by atoms with Gasteiger partial charge in [0.1, 0.15) is 24.4 Å². The van der Waals surface area contributed by atoms with Crippen molar-refractivity contribution in [2.45, 2.75) is 37.3 Å². The number of hydrogen-bond donors (Lipinski definition) is 2. The van der Waals surface area contributed by atoms with Crippen molar-refractivity contribution in [2.24, 2.45) is 0 Å². The van der Waals surface area contributed by atoms with Crippen LogP contribution < -0.4 is 0 Å². The molecule has 0 radical (unpaired) electrons. The monoisotopic (exact) mass is 298 g/mol. The zero-order chi connectivity index (χ0) is 15.2. The molecule has 1 aliphatic rings. The highest BCUT2D eigenvalue weighted by atomic mass is 16.7. The van der Waals surface area contributed by atoms with Gasteiger partial charge in [0.2, 0.25) is 0 Å². The quantitative estimate of drug-likeness (QED) is 0.787. The fourth-order valence-electron chi connectivity index (χ4n) is 2.43. The molecule has 6 nitrogen and oxygen atoms in total. The van der Waals surface area contributed by atoms with Gasteiger partial charge in [0.15, 0.2) is 6.29 Å². The Hall–Kier alpha value is -1.02.